The first-order valence-electron chi connectivity index (χ1n) is 8.84. The van der Waals surface area contributed by atoms with Gasteiger partial charge in [-0.15, -0.1) is 11.3 Å². The van der Waals surface area contributed by atoms with E-state index in [1.807, 2.05) is 0 Å². The summed E-state index contributed by atoms with van der Waals surface area (Å²) in [6.07, 6.45) is 9.59. The Morgan fingerprint density at radius 1 is 1.30 bits per heavy atom. The minimum atomic E-state index is -0.388. The second kappa shape index (κ2) is 9.98. The van der Waals surface area contributed by atoms with E-state index in [9.17, 15) is 9.59 Å². The second-order valence-corrected chi connectivity index (χ2v) is 6.74. The van der Waals surface area contributed by atoms with Crippen LogP contribution in [0.4, 0.5) is 10.8 Å². The largest absolute Gasteiger partial charge is 0.404 e. The number of aromatic nitrogens is 3. The molecule has 11 heteroatoms. The number of nitrogens with zero attached hydrogens (tertiary/aromatic N) is 4. The second-order valence-electron chi connectivity index (χ2n) is 5.89. The fourth-order valence-corrected chi connectivity index (χ4v) is 3.06. The van der Waals surface area contributed by atoms with Crippen molar-refractivity contribution in [3.05, 3.63) is 65.8 Å². The van der Waals surface area contributed by atoms with Gasteiger partial charge in [0.2, 0.25) is 5.91 Å². The highest BCUT2D eigenvalue weighted by atomic mass is 32.1. The number of allylic oxidation sites excluding steroid dienone is 1. The van der Waals surface area contributed by atoms with Crippen molar-refractivity contribution in [2.24, 2.45) is 10.7 Å². The fraction of sp³-hybridized carbons (Fsp3) is 0.105. The molecule has 0 spiro atoms. The number of nitrogens with one attached hydrogen (secondary N) is 3. The standard InChI is InChI=1S/C19H20N8O2S/c1-21-27-7-4-13(11-27)18(29)24-10-17(28)26-19-25-16(12-30-19)14(8-20)9-23-15-2-5-22-6-3-15/h2-9,11-12,21H,10,20H2,1H3,(H,24,29)(H,25,26,28). The van der Waals surface area contributed by atoms with Crippen LogP contribution in [0.3, 0.4) is 0 Å². The van der Waals surface area contributed by atoms with E-state index in [1.54, 1.807) is 66.3 Å². The molecule has 3 aromatic rings. The van der Waals surface area contributed by atoms with E-state index >= 15 is 0 Å². The maximum Gasteiger partial charge on any atom is 0.253 e. The van der Waals surface area contributed by atoms with Crippen LogP contribution in [-0.4, -0.2) is 46.3 Å². The van der Waals surface area contributed by atoms with Crippen LogP contribution in [0.5, 0.6) is 0 Å². The van der Waals surface area contributed by atoms with Crippen molar-refractivity contribution in [1.82, 2.24) is 20.0 Å². The molecule has 0 saturated carbocycles. The molecule has 3 rings (SSSR count). The number of amides is 2. The summed E-state index contributed by atoms with van der Waals surface area (Å²) in [5.74, 6) is -0.735. The molecule has 30 heavy (non-hydrogen) atoms. The third kappa shape index (κ3) is 5.52. The highest BCUT2D eigenvalue weighted by Gasteiger charge is 2.12. The fourth-order valence-electron chi connectivity index (χ4n) is 2.33. The molecule has 0 atom stereocenters. The van der Waals surface area contributed by atoms with E-state index < -0.39 is 0 Å². The van der Waals surface area contributed by atoms with Gasteiger partial charge in [0.1, 0.15) is 0 Å². The van der Waals surface area contributed by atoms with Gasteiger partial charge >= 0.3 is 0 Å². The molecule has 0 aliphatic rings. The van der Waals surface area contributed by atoms with E-state index in [-0.39, 0.29) is 18.4 Å². The first kappa shape index (κ1) is 20.7. The molecule has 0 radical (unpaired) electrons. The van der Waals surface area contributed by atoms with Crippen molar-refractivity contribution in [3.8, 4) is 0 Å². The molecule has 0 unspecified atom stereocenters. The molecule has 3 aromatic heterocycles. The predicted molar refractivity (Wildman–Crippen MR) is 117 cm³/mol. The summed E-state index contributed by atoms with van der Waals surface area (Å²) < 4.78 is 1.63. The van der Waals surface area contributed by atoms with Gasteiger partial charge in [0.25, 0.3) is 5.91 Å². The molecule has 0 saturated heterocycles. The van der Waals surface area contributed by atoms with Crippen LogP contribution in [0.1, 0.15) is 16.1 Å². The number of anilines is 1. The zero-order valence-corrected chi connectivity index (χ0v) is 16.9. The van der Waals surface area contributed by atoms with Crippen molar-refractivity contribution in [2.45, 2.75) is 0 Å². The summed E-state index contributed by atoms with van der Waals surface area (Å²) in [5.41, 5.74) is 10.9. The summed E-state index contributed by atoms with van der Waals surface area (Å²) in [4.78, 5) is 36.8. The number of carbonyl (C=O) groups excluding carboxylic acids is 2. The number of nitrogens with two attached hydrogens (primary N) is 1. The van der Waals surface area contributed by atoms with Crippen molar-refractivity contribution < 1.29 is 9.59 Å². The first-order valence-corrected chi connectivity index (χ1v) is 9.72. The SMILES string of the molecule is CNn1ccc(C(=O)NCC(=O)Nc2nc(C(C=Nc3ccncc3)=CN)cs2)c1. The molecule has 0 aromatic carbocycles. The van der Waals surface area contributed by atoms with Crippen LogP contribution >= 0.6 is 11.3 Å². The molecular formula is C19H20N8O2S. The van der Waals surface area contributed by atoms with E-state index in [0.29, 0.717) is 22.0 Å². The molecule has 5 N–H and O–H groups in total. The van der Waals surface area contributed by atoms with Crippen LogP contribution in [0.25, 0.3) is 5.57 Å². The zero-order valence-electron chi connectivity index (χ0n) is 16.1. The summed E-state index contributed by atoms with van der Waals surface area (Å²) in [7, 11) is 1.73. The number of thiazole rings is 1. The lowest BCUT2D eigenvalue weighted by atomic mass is 10.2. The highest BCUT2D eigenvalue weighted by molar-refractivity contribution is 7.14. The Kier molecular flexibility index (Phi) is 6.90. The molecule has 0 bridgehead atoms. The Balaban J connectivity index is 1.54. The summed E-state index contributed by atoms with van der Waals surface area (Å²) >= 11 is 1.24. The Bertz CT molecular complexity index is 1070. The maximum atomic E-state index is 12.1. The van der Waals surface area contributed by atoms with Gasteiger partial charge in [0.15, 0.2) is 5.13 Å². The van der Waals surface area contributed by atoms with Crippen molar-refractivity contribution in [2.75, 3.05) is 24.3 Å². The van der Waals surface area contributed by atoms with Crippen LogP contribution < -0.4 is 21.8 Å². The molecule has 3 heterocycles. The van der Waals surface area contributed by atoms with Crippen molar-refractivity contribution in [1.29, 1.82) is 0 Å². The van der Waals surface area contributed by atoms with Crippen LogP contribution in [-0.2, 0) is 4.79 Å². The highest BCUT2D eigenvalue weighted by Crippen LogP contribution is 2.21. The lowest BCUT2D eigenvalue weighted by Gasteiger charge is -2.04. The van der Waals surface area contributed by atoms with Gasteiger partial charge in [-0.05, 0) is 18.2 Å². The van der Waals surface area contributed by atoms with Gasteiger partial charge in [-0.1, -0.05) is 0 Å². The molecule has 10 nitrogen and oxygen atoms in total. The molecule has 0 fully saturated rings. The normalized spacial score (nSPS) is 11.4. The lowest BCUT2D eigenvalue weighted by Crippen LogP contribution is -2.32. The minimum absolute atomic E-state index is 0.179. The Morgan fingerprint density at radius 2 is 2.10 bits per heavy atom. The smallest absolute Gasteiger partial charge is 0.253 e. The quantitative estimate of drug-likeness (QED) is 0.405. The van der Waals surface area contributed by atoms with E-state index in [0.717, 1.165) is 5.69 Å². The van der Waals surface area contributed by atoms with Crippen LogP contribution in [0.2, 0.25) is 0 Å². The minimum Gasteiger partial charge on any atom is -0.404 e. The third-order valence-corrected chi connectivity index (χ3v) is 4.62. The Hall–Kier alpha value is -3.99. The van der Waals surface area contributed by atoms with Gasteiger partial charge in [-0.25, -0.2) is 4.98 Å². The molecular weight excluding hydrogens is 404 g/mol. The zero-order chi connectivity index (χ0) is 21.3. The van der Waals surface area contributed by atoms with E-state index in [1.165, 1.54) is 17.5 Å². The topological polar surface area (TPSA) is 139 Å². The number of hydrogen-bond acceptors (Lipinski definition) is 8. The molecule has 2 amide bonds. The Labute approximate surface area is 176 Å². The van der Waals surface area contributed by atoms with E-state index in [2.05, 4.69) is 31.0 Å². The van der Waals surface area contributed by atoms with Gasteiger partial charge in [-0.3, -0.25) is 24.2 Å². The average Bonchev–Trinajstić information content (AvgIpc) is 3.43. The number of hydrogen-bond donors (Lipinski definition) is 4. The number of aliphatic imine (C=N–C) groups is 1. The lowest BCUT2D eigenvalue weighted by molar-refractivity contribution is -0.115. The van der Waals surface area contributed by atoms with Gasteiger partial charge in [0, 0.05) is 55.2 Å². The molecule has 0 aliphatic heterocycles. The van der Waals surface area contributed by atoms with Crippen molar-refractivity contribution >= 4 is 45.8 Å². The predicted octanol–water partition coefficient (Wildman–Crippen LogP) is 1.58. The van der Waals surface area contributed by atoms with Crippen LogP contribution in [0.15, 0.2) is 59.6 Å². The van der Waals surface area contributed by atoms with Gasteiger partial charge < -0.3 is 21.8 Å². The molecule has 0 aliphatic carbocycles. The summed E-state index contributed by atoms with van der Waals surface area (Å²) in [6.45, 7) is -0.179. The first-order chi connectivity index (χ1) is 14.6. The summed E-state index contributed by atoms with van der Waals surface area (Å²) in [6, 6.07) is 5.17. The number of carbonyl (C=O) groups is 2. The van der Waals surface area contributed by atoms with Crippen molar-refractivity contribution in [3.63, 3.8) is 0 Å². The number of pyridine rings is 1. The average molecular weight is 424 g/mol. The Morgan fingerprint density at radius 3 is 2.80 bits per heavy atom. The van der Waals surface area contributed by atoms with Gasteiger partial charge in [0.05, 0.1) is 23.5 Å². The van der Waals surface area contributed by atoms with E-state index in [4.69, 9.17) is 5.73 Å². The number of rotatable bonds is 8. The summed E-state index contributed by atoms with van der Waals surface area (Å²) in [5, 5.41) is 7.36. The third-order valence-electron chi connectivity index (χ3n) is 3.86. The van der Waals surface area contributed by atoms with Crippen LogP contribution in [0, 0.1) is 0 Å². The van der Waals surface area contributed by atoms with Gasteiger partial charge in [-0.2, -0.15) is 0 Å². The monoisotopic (exact) mass is 424 g/mol. The molecule has 154 valence electrons. The maximum absolute atomic E-state index is 12.1.